The van der Waals surface area contributed by atoms with E-state index in [1.807, 2.05) is 0 Å². The summed E-state index contributed by atoms with van der Waals surface area (Å²) in [7, 11) is 1.49. The number of methoxy groups -OCH3 is 1. The standard InChI is InChI=1S/C12H9BrO4/c1-17-10-3-2-8(13)7-4-6(12(15)16)5-9(14)11(7)10/h2-5,14H,1H3,(H,15,16). The van der Waals surface area contributed by atoms with E-state index in [0.29, 0.717) is 21.0 Å². The van der Waals surface area contributed by atoms with Crippen LogP contribution in [0.5, 0.6) is 11.5 Å². The molecule has 2 rings (SSSR count). The molecule has 88 valence electrons. The van der Waals surface area contributed by atoms with Gasteiger partial charge in [-0.15, -0.1) is 0 Å². The molecular weight excluding hydrogens is 288 g/mol. The van der Waals surface area contributed by atoms with Crippen molar-refractivity contribution in [2.75, 3.05) is 7.11 Å². The number of rotatable bonds is 2. The van der Waals surface area contributed by atoms with Crippen LogP contribution in [0.1, 0.15) is 10.4 Å². The number of carboxylic acids is 1. The monoisotopic (exact) mass is 296 g/mol. The summed E-state index contributed by atoms with van der Waals surface area (Å²) in [5.41, 5.74) is 0.0314. The van der Waals surface area contributed by atoms with Crippen molar-refractivity contribution in [1.82, 2.24) is 0 Å². The van der Waals surface area contributed by atoms with Crippen molar-refractivity contribution in [2.45, 2.75) is 0 Å². The van der Waals surface area contributed by atoms with E-state index in [1.165, 1.54) is 19.2 Å². The van der Waals surface area contributed by atoms with Crippen molar-refractivity contribution >= 4 is 32.7 Å². The fraction of sp³-hybridized carbons (Fsp3) is 0.0833. The number of carbonyl (C=O) groups is 1. The second kappa shape index (κ2) is 4.25. The predicted molar refractivity (Wildman–Crippen MR) is 66.8 cm³/mol. The number of hydrogen-bond acceptors (Lipinski definition) is 3. The topological polar surface area (TPSA) is 66.8 Å². The molecule has 0 unspecified atom stereocenters. The van der Waals surface area contributed by atoms with Gasteiger partial charge in [0.1, 0.15) is 11.5 Å². The number of phenolic OH excluding ortho intramolecular Hbond substituents is 1. The van der Waals surface area contributed by atoms with E-state index in [0.717, 1.165) is 0 Å². The lowest BCUT2D eigenvalue weighted by atomic mass is 10.0. The molecule has 0 amide bonds. The molecule has 2 aromatic carbocycles. The fourth-order valence-corrected chi connectivity index (χ4v) is 2.13. The van der Waals surface area contributed by atoms with Crippen LogP contribution in [-0.2, 0) is 0 Å². The van der Waals surface area contributed by atoms with Gasteiger partial charge in [0.25, 0.3) is 0 Å². The maximum Gasteiger partial charge on any atom is 0.335 e. The Bertz CT molecular complexity index is 607. The number of halogens is 1. The number of fused-ring (bicyclic) bond motifs is 1. The van der Waals surface area contributed by atoms with E-state index >= 15 is 0 Å². The van der Waals surface area contributed by atoms with Gasteiger partial charge in [-0.3, -0.25) is 0 Å². The summed E-state index contributed by atoms with van der Waals surface area (Å²) in [5.74, 6) is -0.701. The zero-order chi connectivity index (χ0) is 12.6. The fourth-order valence-electron chi connectivity index (χ4n) is 1.69. The highest BCUT2D eigenvalue weighted by Crippen LogP contribution is 2.38. The van der Waals surface area contributed by atoms with Crippen LogP contribution in [0, 0.1) is 0 Å². The normalized spacial score (nSPS) is 10.5. The van der Waals surface area contributed by atoms with Gasteiger partial charge < -0.3 is 14.9 Å². The van der Waals surface area contributed by atoms with Gasteiger partial charge in [-0.05, 0) is 24.3 Å². The molecule has 0 saturated carbocycles. The van der Waals surface area contributed by atoms with Crippen LogP contribution in [0.3, 0.4) is 0 Å². The lowest BCUT2D eigenvalue weighted by Gasteiger charge is -2.09. The molecule has 0 bridgehead atoms. The van der Waals surface area contributed by atoms with E-state index in [-0.39, 0.29) is 11.3 Å². The van der Waals surface area contributed by atoms with Gasteiger partial charge in [-0.1, -0.05) is 15.9 Å². The highest BCUT2D eigenvalue weighted by molar-refractivity contribution is 9.10. The second-order valence-electron chi connectivity index (χ2n) is 3.47. The minimum atomic E-state index is -1.09. The Labute approximate surface area is 106 Å². The molecule has 0 aromatic heterocycles. The molecule has 2 aromatic rings. The Morgan fingerprint density at radius 2 is 2.06 bits per heavy atom. The molecule has 0 saturated heterocycles. The van der Waals surface area contributed by atoms with E-state index in [1.54, 1.807) is 12.1 Å². The molecule has 0 aliphatic carbocycles. The summed E-state index contributed by atoms with van der Waals surface area (Å²) >= 11 is 3.32. The summed E-state index contributed by atoms with van der Waals surface area (Å²) in [6.45, 7) is 0. The molecule has 2 N–H and O–H groups in total. The van der Waals surface area contributed by atoms with E-state index < -0.39 is 5.97 Å². The Kier molecular flexibility index (Phi) is 2.93. The minimum absolute atomic E-state index is 0.0314. The number of benzene rings is 2. The molecular formula is C12H9BrO4. The minimum Gasteiger partial charge on any atom is -0.507 e. The zero-order valence-corrected chi connectivity index (χ0v) is 10.5. The van der Waals surface area contributed by atoms with Gasteiger partial charge in [0.15, 0.2) is 0 Å². The number of hydrogen-bond donors (Lipinski definition) is 2. The Morgan fingerprint density at radius 1 is 1.35 bits per heavy atom. The van der Waals surface area contributed by atoms with E-state index in [2.05, 4.69) is 15.9 Å². The molecule has 0 radical (unpaired) electrons. The van der Waals surface area contributed by atoms with Crippen molar-refractivity contribution in [1.29, 1.82) is 0 Å². The van der Waals surface area contributed by atoms with Crippen molar-refractivity contribution in [3.05, 3.63) is 34.3 Å². The summed E-state index contributed by atoms with van der Waals surface area (Å²) in [6.07, 6.45) is 0. The first kappa shape index (κ1) is 11.7. The maximum atomic E-state index is 10.9. The average molecular weight is 297 g/mol. The van der Waals surface area contributed by atoms with Gasteiger partial charge >= 0.3 is 5.97 Å². The molecule has 0 spiro atoms. The first-order chi connectivity index (χ1) is 8.04. The molecule has 17 heavy (non-hydrogen) atoms. The van der Waals surface area contributed by atoms with E-state index in [9.17, 15) is 9.90 Å². The summed E-state index contributed by atoms with van der Waals surface area (Å²) < 4.78 is 5.84. The molecule has 4 nitrogen and oxygen atoms in total. The number of ether oxygens (including phenoxy) is 1. The van der Waals surface area contributed by atoms with Crippen LogP contribution in [0.25, 0.3) is 10.8 Å². The number of aromatic hydroxyl groups is 1. The number of phenols is 1. The highest BCUT2D eigenvalue weighted by Gasteiger charge is 2.14. The van der Waals surface area contributed by atoms with Crippen LogP contribution in [0.2, 0.25) is 0 Å². The SMILES string of the molecule is COc1ccc(Br)c2cc(C(=O)O)cc(O)c12. The van der Waals surface area contributed by atoms with E-state index in [4.69, 9.17) is 9.84 Å². The summed E-state index contributed by atoms with van der Waals surface area (Å²) in [6, 6.07) is 6.14. The molecule has 0 fully saturated rings. The predicted octanol–water partition coefficient (Wildman–Crippen LogP) is 3.01. The Morgan fingerprint density at radius 3 is 2.65 bits per heavy atom. The average Bonchev–Trinajstić information content (AvgIpc) is 2.30. The smallest absolute Gasteiger partial charge is 0.335 e. The van der Waals surface area contributed by atoms with Crippen LogP contribution in [0.15, 0.2) is 28.7 Å². The first-order valence-electron chi connectivity index (χ1n) is 4.77. The quantitative estimate of drug-likeness (QED) is 0.894. The van der Waals surface area contributed by atoms with Crippen molar-refractivity contribution in [2.24, 2.45) is 0 Å². The number of carboxylic acid groups (broad SMARTS) is 1. The Hall–Kier alpha value is -1.75. The third-order valence-corrected chi connectivity index (χ3v) is 3.16. The van der Waals surface area contributed by atoms with Gasteiger partial charge in [0, 0.05) is 9.86 Å². The molecule has 5 heteroatoms. The summed E-state index contributed by atoms with van der Waals surface area (Å²) in [5, 5.41) is 19.9. The zero-order valence-electron chi connectivity index (χ0n) is 8.90. The van der Waals surface area contributed by atoms with Crippen molar-refractivity contribution in [3.63, 3.8) is 0 Å². The third kappa shape index (κ3) is 1.93. The van der Waals surface area contributed by atoms with Crippen molar-refractivity contribution in [3.8, 4) is 11.5 Å². The van der Waals surface area contributed by atoms with Crippen LogP contribution < -0.4 is 4.74 Å². The van der Waals surface area contributed by atoms with Crippen LogP contribution in [-0.4, -0.2) is 23.3 Å². The van der Waals surface area contributed by atoms with Crippen LogP contribution in [0.4, 0.5) is 0 Å². The lowest BCUT2D eigenvalue weighted by Crippen LogP contribution is -1.96. The maximum absolute atomic E-state index is 10.9. The van der Waals surface area contributed by atoms with Gasteiger partial charge in [0.2, 0.25) is 0 Å². The van der Waals surface area contributed by atoms with Crippen LogP contribution >= 0.6 is 15.9 Å². The largest absolute Gasteiger partial charge is 0.507 e. The lowest BCUT2D eigenvalue weighted by molar-refractivity contribution is 0.0696. The molecule has 0 aliphatic rings. The van der Waals surface area contributed by atoms with Gasteiger partial charge in [0.05, 0.1) is 18.1 Å². The highest BCUT2D eigenvalue weighted by atomic mass is 79.9. The van der Waals surface area contributed by atoms with Crippen molar-refractivity contribution < 1.29 is 19.7 Å². The second-order valence-corrected chi connectivity index (χ2v) is 4.33. The Balaban J connectivity index is 2.89. The molecule has 0 atom stereocenters. The van der Waals surface area contributed by atoms with Gasteiger partial charge in [-0.2, -0.15) is 0 Å². The molecule has 0 heterocycles. The molecule has 0 aliphatic heterocycles. The summed E-state index contributed by atoms with van der Waals surface area (Å²) in [4.78, 5) is 10.9. The van der Waals surface area contributed by atoms with Gasteiger partial charge in [-0.25, -0.2) is 4.79 Å². The number of aromatic carboxylic acids is 1. The third-order valence-electron chi connectivity index (χ3n) is 2.47. The first-order valence-corrected chi connectivity index (χ1v) is 5.56.